The van der Waals surface area contributed by atoms with E-state index in [2.05, 4.69) is 93.9 Å². The predicted octanol–water partition coefficient (Wildman–Crippen LogP) is 10.0. The summed E-state index contributed by atoms with van der Waals surface area (Å²) in [5.41, 5.74) is 3.09. The standard InChI is InChI=1S/C33H55BrO6Si3/c1-27-21-30(38-24-35-15-18-41(2,3)4)23-29(33(27)34)13-11-28-12-14-31(39-25-36-16-19-42(5,6)7)32(22-28)40-26-37-17-20-43(8,9)10/h11-14,21-23H,15-20,24-26H2,1-10H3/b13-11+. The van der Waals surface area contributed by atoms with Crippen molar-refractivity contribution >= 4 is 52.3 Å². The molecule has 0 spiro atoms. The summed E-state index contributed by atoms with van der Waals surface area (Å²) in [4.78, 5) is 0. The normalized spacial score (nSPS) is 12.6. The Morgan fingerprint density at radius 2 is 1.09 bits per heavy atom. The molecule has 2 rings (SSSR count). The first kappa shape index (κ1) is 37.8. The van der Waals surface area contributed by atoms with E-state index in [1.807, 2.05) is 30.3 Å². The lowest BCUT2D eigenvalue weighted by Gasteiger charge is -2.17. The lowest BCUT2D eigenvalue weighted by atomic mass is 10.1. The van der Waals surface area contributed by atoms with Gasteiger partial charge in [0.1, 0.15) is 5.75 Å². The molecule has 0 unspecified atom stereocenters. The van der Waals surface area contributed by atoms with Gasteiger partial charge in [0.25, 0.3) is 0 Å². The van der Waals surface area contributed by atoms with Crippen LogP contribution in [0.15, 0.2) is 34.8 Å². The van der Waals surface area contributed by atoms with Crippen LogP contribution in [0.25, 0.3) is 12.2 Å². The summed E-state index contributed by atoms with van der Waals surface area (Å²) in [6.07, 6.45) is 4.13. The van der Waals surface area contributed by atoms with E-state index in [-0.39, 0.29) is 20.4 Å². The van der Waals surface area contributed by atoms with Crippen LogP contribution >= 0.6 is 15.9 Å². The molecular formula is C33H55BrO6Si3. The Kier molecular flexibility index (Phi) is 15.7. The first-order valence-corrected chi connectivity index (χ1v) is 27.2. The van der Waals surface area contributed by atoms with Crippen LogP contribution in [0.3, 0.4) is 0 Å². The van der Waals surface area contributed by atoms with Crippen LogP contribution < -0.4 is 14.2 Å². The van der Waals surface area contributed by atoms with Crippen molar-refractivity contribution in [2.75, 3.05) is 40.2 Å². The minimum absolute atomic E-state index is 0.175. The summed E-state index contributed by atoms with van der Waals surface area (Å²) in [6.45, 7) is 25.9. The Hall–Kier alpha value is -1.41. The second kappa shape index (κ2) is 17.9. The summed E-state index contributed by atoms with van der Waals surface area (Å²) >= 11 is 3.74. The lowest BCUT2D eigenvalue weighted by molar-refractivity contribution is 0.00573. The van der Waals surface area contributed by atoms with Crippen molar-refractivity contribution in [3.63, 3.8) is 0 Å². The fourth-order valence-corrected chi connectivity index (χ4v) is 6.28. The number of ether oxygens (including phenoxy) is 6. The molecule has 0 fully saturated rings. The molecule has 0 atom stereocenters. The van der Waals surface area contributed by atoms with Gasteiger partial charge in [0, 0.05) is 48.5 Å². The highest BCUT2D eigenvalue weighted by Crippen LogP contribution is 2.32. The molecule has 2 aromatic carbocycles. The Balaban J connectivity index is 2.10. The molecule has 0 aliphatic rings. The highest BCUT2D eigenvalue weighted by molar-refractivity contribution is 9.10. The van der Waals surface area contributed by atoms with Gasteiger partial charge in [-0.1, -0.05) is 77.1 Å². The molecule has 0 bridgehead atoms. The van der Waals surface area contributed by atoms with E-state index in [0.29, 0.717) is 24.7 Å². The second-order valence-corrected chi connectivity index (χ2v) is 32.3. The molecule has 6 nitrogen and oxygen atoms in total. The molecule has 2 aromatic rings. The van der Waals surface area contributed by atoms with Gasteiger partial charge in [0.15, 0.2) is 31.9 Å². The van der Waals surface area contributed by atoms with Crippen LogP contribution in [0.1, 0.15) is 16.7 Å². The van der Waals surface area contributed by atoms with E-state index in [0.717, 1.165) is 51.7 Å². The zero-order chi connectivity index (χ0) is 32.1. The largest absolute Gasteiger partial charge is 0.468 e. The molecule has 0 saturated heterocycles. The Morgan fingerprint density at radius 3 is 1.60 bits per heavy atom. The van der Waals surface area contributed by atoms with Gasteiger partial charge in [-0.2, -0.15) is 0 Å². The summed E-state index contributed by atoms with van der Waals surface area (Å²) in [5.74, 6) is 2.05. The van der Waals surface area contributed by atoms with Gasteiger partial charge in [-0.3, -0.25) is 0 Å². The van der Waals surface area contributed by atoms with Crippen LogP contribution in [0.2, 0.25) is 77.1 Å². The Bertz CT molecular complexity index is 1150. The SMILES string of the molecule is Cc1cc(OCOCC[Si](C)(C)C)cc(/C=C/c2ccc(OCOCC[Si](C)(C)C)c(OCOCC[Si](C)(C)C)c2)c1Br. The number of aryl methyl sites for hydroxylation is 1. The molecular weight excluding hydrogens is 657 g/mol. The third kappa shape index (κ3) is 17.0. The zero-order valence-corrected chi connectivity index (χ0v) is 32.8. The highest BCUT2D eigenvalue weighted by atomic mass is 79.9. The molecule has 0 saturated carbocycles. The van der Waals surface area contributed by atoms with Crippen molar-refractivity contribution in [3.8, 4) is 17.2 Å². The van der Waals surface area contributed by atoms with Gasteiger partial charge in [-0.05, 0) is 81.9 Å². The monoisotopic (exact) mass is 710 g/mol. The smallest absolute Gasteiger partial charge is 0.189 e. The third-order valence-corrected chi connectivity index (χ3v) is 12.8. The van der Waals surface area contributed by atoms with E-state index in [1.165, 1.54) is 0 Å². The first-order valence-electron chi connectivity index (χ1n) is 15.3. The van der Waals surface area contributed by atoms with Crippen molar-refractivity contribution in [2.45, 2.75) is 84.0 Å². The van der Waals surface area contributed by atoms with Crippen LogP contribution in [-0.2, 0) is 14.2 Å². The molecule has 0 radical (unpaired) electrons. The molecule has 10 heteroatoms. The van der Waals surface area contributed by atoms with Crippen molar-refractivity contribution in [1.82, 2.24) is 0 Å². The molecule has 242 valence electrons. The summed E-state index contributed by atoms with van der Waals surface area (Å²) in [7, 11) is -3.44. The van der Waals surface area contributed by atoms with Crippen LogP contribution in [0.4, 0.5) is 0 Å². The topological polar surface area (TPSA) is 55.4 Å². The zero-order valence-electron chi connectivity index (χ0n) is 28.2. The quantitative estimate of drug-likeness (QED) is 0.0590. The maximum atomic E-state index is 6.05. The number of halogens is 1. The second-order valence-electron chi connectivity index (χ2n) is 14.6. The van der Waals surface area contributed by atoms with Gasteiger partial charge in [0.2, 0.25) is 0 Å². The molecule has 0 amide bonds. The van der Waals surface area contributed by atoms with Crippen LogP contribution in [0.5, 0.6) is 17.2 Å². The average Bonchev–Trinajstić information content (AvgIpc) is 2.88. The fourth-order valence-electron chi connectivity index (χ4n) is 3.65. The minimum Gasteiger partial charge on any atom is -0.468 e. The maximum Gasteiger partial charge on any atom is 0.189 e. The minimum atomic E-state index is -1.17. The van der Waals surface area contributed by atoms with Crippen molar-refractivity contribution in [1.29, 1.82) is 0 Å². The molecule has 0 aliphatic carbocycles. The van der Waals surface area contributed by atoms with Crippen molar-refractivity contribution in [3.05, 3.63) is 51.5 Å². The molecule has 43 heavy (non-hydrogen) atoms. The van der Waals surface area contributed by atoms with Crippen LogP contribution in [0, 0.1) is 6.92 Å². The summed E-state index contributed by atoms with van der Waals surface area (Å²) in [5, 5.41) is 0. The third-order valence-electron chi connectivity index (χ3n) is 6.57. The van der Waals surface area contributed by atoms with Crippen molar-refractivity contribution < 1.29 is 28.4 Å². The van der Waals surface area contributed by atoms with E-state index in [1.54, 1.807) is 0 Å². The number of hydrogen-bond donors (Lipinski definition) is 0. The molecule has 0 aromatic heterocycles. The van der Waals surface area contributed by atoms with Gasteiger partial charge >= 0.3 is 0 Å². The van der Waals surface area contributed by atoms with E-state index in [9.17, 15) is 0 Å². The molecule has 0 heterocycles. The molecule has 0 aliphatic heterocycles. The van der Waals surface area contributed by atoms with E-state index >= 15 is 0 Å². The summed E-state index contributed by atoms with van der Waals surface area (Å²) in [6, 6.07) is 13.3. The molecule has 0 N–H and O–H groups in total. The van der Waals surface area contributed by atoms with Gasteiger partial charge in [0.05, 0.1) is 0 Å². The Labute approximate surface area is 272 Å². The predicted molar refractivity (Wildman–Crippen MR) is 193 cm³/mol. The average molecular weight is 712 g/mol. The van der Waals surface area contributed by atoms with E-state index in [4.69, 9.17) is 28.4 Å². The number of benzene rings is 2. The highest BCUT2D eigenvalue weighted by Gasteiger charge is 2.15. The number of rotatable bonds is 20. The number of hydrogen-bond acceptors (Lipinski definition) is 6. The first-order chi connectivity index (χ1) is 20.0. The van der Waals surface area contributed by atoms with Gasteiger partial charge in [-0.25, -0.2) is 0 Å². The lowest BCUT2D eigenvalue weighted by Crippen LogP contribution is -2.22. The van der Waals surface area contributed by atoms with Gasteiger partial charge < -0.3 is 28.4 Å². The fraction of sp³-hybridized carbons (Fsp3) is 0.576. The van der Waals surface area contributed by atoms with E-state index < -0.39 is 24.2 Å². The maximum absolute atomic E-state index is 6.05. The van der Waals surface area contributed by atoms with Crippen molar-refractivity contribution in [2.24, 2.45) is 0 Å². The Morgan fingerprint density at radius 1 is 0.605 bits per heavy atom. The van der Waals surface area contributed by atoms with Gasteiger partial charge in [-0.15, -0.1) is 0 Å². The summed E-state index contributed by atoms with van der Waals surface area (Å²) < 4.78 is 36.3. The van der Waals surface area contributed by atoms with Crippen LogP contribution in [-0.4, -0.2) is 64.4 Å².